The van der Waals surface area contributed by atoms with Crippen molar-refractivity contribution in [2.75, 3.05) is 19.7 Å². The van der Waals surface area contributed by atoms with Gasteiger partial charge < -0.3 is 14.7 Å². The number of amides is 1. The lowest BCUT2D eigenvalue weighted by Gasteiger charge is -2.32. The molecule has 1 saturated heterocycles. The van der Waals surface area contributed by atoms with E-state index in [0.29, 0.717) is 28.8 Å². The molecule has 22 heavy (non-hydrogen) atoms. The van der Waals surface area contributed by atoms with Gasteiger partial charge in [-0.2, -0.15) is 8.78 Å². The fraction of sp³-hybridized carbons (Fsp3) is 0.429. The Bertz CT molecular complexity index is 538. The molecular weight excluding hydrogens is 316 g/mol. The number of carboxylic acids is 1. The lowest BCUT2D eigenvalue weighted by Crippen LogP contribution is -2.46. The van der Waals surface area contributed by atoms with Crippen LogP contribution in [-0.4, -0.2) is 53.4 Å². The van der Waals surface area contributed by atoms with Gasteiger partial charge in [0.15, 0.2) is 0 Å². The van der Waals surface area contributed by atoms with Crippen molar-refractivity contribution in [1.82, 2.24) is 4.90 Å². The first-order valence-corrected chi connectivity index (χ1v) is 7.51. The van der Waals surface area contributed by atoms with Gasteiger partial charge in [-0.3, -0.25) is 9.59 Å². The van der Waals surface area contributed by atoms with Gasteiger partial charge in [0.1, 0.15) is 0 Å². The highest BCUT2D eigenvalue weighted by Gasteiger charge is 2.26. The van der Waals surface area contributed by atoms with Crippen LogP contribution in [0.25, 0.3) is 0 Å². The summed E-state index contributed by atoms with van der Waals surface area (Å²) in [6.45, 7) is 0.865. The molecule has 1 unspecified atom stereocenters. The van der Waals surface area contributed by atoms with Crippen molar-refractivity contribution in [2.24, 2.45) is 0 Å². The monoisotopic (exact) mass is 331 g/mol. The Kier molecular flexibility index (Phi) is 5.73. The van der Waals surface area contributed by atoms with Gasteiger partial charge in [-0.1, -0.05) is 11.8 Å². The molecule has 2 rings (SSSR count). The smallest absolute Gasteiger partial charge is 0.306 e. The SMILES string of the molecule is O=C(O)CC1CN(C(=O)c2ccc(SC(F)F)cc2)CCO1. The Hall–Kier alpha value is -1.67. The Balaban J connectivity index is 1.99. The molecule has 5 nitrogen and oxygen atoms in total. The molecule has 1 heterocycles. The van der Waals surface area contributed by atoms with Crippen LogP contribution in [-0.2, 0) is 9.53 Å². The fourth-order valence-electron chi connectivity index (χ4n) is 2.18. The minimum atomic E-state index is -2.50. The van der Waals surface area contributed by atoms with Crippen molar-refractivity contribution >= 4 is 23.6 Å². The number of benzene rings is 1. The Morgan fingerprint density at radius 3 is 2.64 bits per heavy atom. The van der Waals surface area contributed by atoms with Crippen molar-refractivity contribution in [3.8, 4) is 0 Å². The first-order chi connectivity index (χ1) is 10.5. The summed E-state index contributed by atoms with van der Waals surface area (Å²) in [7, 11) is 0. The number of thioether (sulfide) groups is 1. The number of ether oxygens (including phenoxy) is 1. The quantitative estimate of drug-likeness (QED) is 0.839. The molecule has 1 N–H and O–H groups in total. The maximum Gasteiger partial charge on any atom is 0.306 e. The molecule has 1 fully saturated rings. The molecule has 1 amide bonds. The zero-order valence-electron chi connectivity index (χ0n) is 11.6. The fourth-order valence-corrected chi connectivity index (χ4v) is 2.68. The van der Waals surface area contributed by atoms with E-state index in [0.717, 1.165) is 0 Å². The van der Waals surface area contributed by atoms with E-state index in [9.17, 15) is 18.4 Å². The van der Waals surface area contributed by atoms with Crippen LogP contribution < -0.4 is 0 Å². The van der Waals surface area contributed by atoms with E-state index in [4.69, 9.17) is 9.84 Å². The largest absolute Gasteiger partial charge is 0.481 e. The van der Waals surface area contributed by atoms with Gasteiger partial charge >= 0.3 is 5.97 Å². The molecule has 1 aromatic rings. The van der Waals surface area contributed by atoms with Crippen molar-refractivity contribution < 1.29 is 28.2 Å². The number of alkyl halides is 2. The van der Waals surface area contributed by atoms with E-state index in [1.54, 1.807) is 0 Å². The zero-order chi connectivity index (χ0) is 16.1. The van der Waals surface area contributed by atoms with Crippen molar-refractivity contribution in [3.05, 3.63) is 29.8 Å². The summed E-state index contributed by atoms with van der Waals surface area (Å²) in [5, 5.41) is 8.76. The molecule has 8 heteroatoms. The van der Waals surface area contributed by atoms with Crippen LogP contribution in [0.4, 0.5) is 8.78 Å². The van der Waals surface area contributed by atoms with E-state index < -0.39 is 17.8 Å². The Morgan fingerprint density at radius 2 is 2.05 bits per heavy atom. The number of rotatable bonds is 5. The number of hydrogen-bond acceptors (Lipinski definition) is 4. The molecule has 0 spiro atoms. The molecule has 1 atom stereocenters. The van der Waals surface area contributed by atoms with E-state index in [1.165, 1.54) is 29.2 Å². The molecule has 120 valence electrons. The van der Waals surface area contributed by atoms with Gasteiger partial charge in [-0.15, -0.1) is 0 Å². The van der Waals surface area contributed by atoms with Crippen LogP contribution in [0.5, 0.6) is 0 Å². The molecule has 1 aliphatic heterocycles. The third kappa shape index (κ3) is 4.67. The van der Waals surface area contributed by atoms with Crippen LogP contribution in [0.2, 0.25) is 0 Å². The van der Waals surface area contributed by atoms with Gasteiger partial charge in [0.25, 0.3) is 11.7 Å². The molecular formula is C14H15F2NO4S. The lowest BCUT2D eigenvalue weighted by molar-refractivity contribution is -0.141. The summed E-state index contributed by atoms with van der Waals surface area (Å²) in [5.74, 6) is -3.74. The highest BCUT2D eigenvalue weighted by atomic mass is 32.2. The second kappa shape index (κ2) is 7.55. The number of carbonyl (C=O) groups excluding carboxylic acids is 1. The second-order valence-corrected chi connectivity index (χ2v) is 5.81. The van der Waals surface area contributed by atoms with Gasteiger partial charge in [0.2, 0.25) is 0 Å². The van der Waals surface area contributed by atoms with Crippen molar-refractivity contribution in [3.63, 3.8) is 0 Å². The number of carboxylic acid groups (broad SMARTS) is 1. The normalized spacial score (nSPS) is 18.5. The molecule has 1 aromatic carbocycles. The van der Waals surface area contributed by atoms with E-state index in [2.05, 4.69) is 0 Å². The molecule has 0 aliphatic carbocycles. The average Bonchev–Trinajstić information content (AvgIpc) is 2.46. The Morgan fingerprint density at radius 1 is 1.36 bits per heavy atom. The summed E-state index contributed by atoms with van der Waals surface area (Å²) in [6.07, 6.45) is -0.683. The van der Waals surface area contributed by atoms with Crippen LogP contribution in [0.1, 0.15) is 16.8 Å². The van der Waals surface area contributed by atoms with Crippen LogP contribution in [0, 0.1) is 0 Å². The van der Waals surface area contributed by atoms with Gasteiger partial charge in [0, 0.05) is 23.5 Å². The van der Waals surface area contributed by atoms with Gasteiger partial charge in [0.05, 0.1) is 19.1 Å². The summed E-state index contributed by atoms with van der Waals surface area (Å²) in [6, 6.07) is 5.93. The first-order valence-electron chi connectivity index (χ1n) is 6.63. The third-order valence-electron chi connectivity index (χ3n) is 3.15. The number of morpholine rings is 1. The first kappa shape index (κ1) is 16.7. The Labute approximate surface area is 130 Å². The molecule has 0 saturated carbocycles. The minimum absolute atomic E-state index is 0.159. The average molecular weight is 331 g/mol. The molecule has 0 aromatic heterocycles. The van der Waals surface area contributed by atoms with Gasteiger partial charge in [-0.05, 0) is 24.3 Å². The van der Waals surface area contributed by atoms with E-state index >= 15 is 0 Å². The number of halogens is 2. The second-order valence-electron chi connectivity index (χ2n) is 4.74. The van der Waals surface area contributed by atoms with Crippen LogP contribution in [0.3, 0.4) is 0 Å². The van der Waals surface area contributed by atoms with E-state index in [-0.39, 0.29) is 25.5 Å². The number of carbonyl (C=O) groups is 2. The molecule has 0 radical (unpaired) electrons. The van der Waals surface area contributed by atoms with Crippen LogP contribution >= 0.6 is 11.8 Å². The lowest BCUT2D eigenvalue weighted by atomic mass is 10.1. The molecule has 0 bridgehead atoms. The summed E-state index contributed by atoms with van der Waals surface area (Å²) >= 11 is 0.418. The number of aliphatic carboxylic acids is 1. The summed E-state index contributed by atoms with van der Waals surface area (Å²) in [4.78, 5) is 24.9. The third-order valence-corrected chi connectivity index (χ3v) is 3.88. The van der Waals surface area contributed by atoms with Crippen LogP contribution in [0.15, 0.2) is 29.2 Å². The maximum absolute atomic E-state index is 12.3. The number of nitrogens with zero attached hydrogens (tertiary/aromatic N) is 1. The summed E-state index contributed by atoms with van der Waals surface area (Å²) < 4.78 is 29.8. The number of hydrogen-bond donors (Lipinski definition) is 1. The van der Waals surface area contributed by atoms with E-state index in [1.807, 2.05) is 0 Å². The van der Waals surface area contributed by atoms with Gasteiger partial charge in [-0.25, -0.2) is 0 Å². The predicted octanol–water partition coefficient (Wildman–Crippen LogP) is 2.32. The molecule has 1 aliphatic rings. The highest BCUT2D eigenvalue weighted by Crippen LogP contribution is 2.25. The zero-order valence-corrected chi connectivity index (χ0v) is 12.4. The topological polar surface area (TPSA) is 66.8 Å². The highest BCUT2D eigenvalue weighted by molar-refractivity contribution is 7.99. The predicted molar refractivity (Wildman–Crippen MR) is 76.2 cm³/mol. The standard InChI is InChI=1S/C14H15F2NO4S/c15-14(16)22-11-3-1-9(2-4-11)13(20)17-5-6-21-10(8-17)7-12(18)19/h1-4,10,14H,5-8H2,(H,18,19). The summed E-state index contributed by atoms with van der Waals surface area (Å²) in [5.41, 5.74) is 0.384. The van der Waals surface area contributed by atoms with Crippen molar-refractivity contribution in [1.29, 1.82) is 0 Å². The maximum atomic E-state index is 12.3. The minimum Gasteiger partial charge on any atom is -0.481 e. The van der Waals surface area contributed by atoms with Crippen molar-refractivity contribution in [2.45, 2.75) is 23.2 Å².